The van der Waals surface area contributed by atoms with Crippen molar-refractivity contribution in [2.45, 2.75) is 38.2 Å². The van der Waals surface area contributed by atoms with Gasteiger partial charge in [-0.1, -0.05) is 30.3 Å². The number of methoxy groups -OCH3 is 1. The number of hydrogen-bond acceptors (Lipinski definition) is 4. The summed E-state index contributed by atoms with van der Waals surface area (Å²) in [5, 5.41) is 0. The number of nitrogens with one attached hydrogen (secondary N) is 2. The second-order valence-electron chi connectivity index (χ2n) is 6.89. The quantitative estimate of drug-likeness (QED) is 0.769. The van der Waals surface area contributed by atoms with Crippen molar-refractivity contribution in [3.8, 4) is 11.5 Å². The number of benzene rings is 2. The van der Waals surface area contributed by atoms with E-state index in [0.717, 1.165) is 18.4 Å². The Morgan fingerprint density at radius 2 is 1.70 bits per heavy atom. The Kier molecular flexibility index (Phi) is 5.35. The number of ether oxygens (including phenoxy) is 2. The van der Waals surface area contributed by atoms with Crippen molar-refractivity contribution < 1.29 is 19.1 Å². The molecule has 6 heteroatoms. The van der Waals surface area contributed by atoms with Gasteiger partial charge in [0, 0.05) is 5.56 Å². The van der Waals surface area contributed by atoms with E-state index < -0.39 is 11.3 Å². The van der Waals surface area contributed by atoms with Crippen LogP contribution in [0.15, 0.2) is 48.5 Å². The van der Waals surface area contributed by atoms with Gasteiger partial charge in [-0.15, -0.1) is 0 Å². The first-order valence-electron chi connectivity index (χ1n) is 8.97. The minimum atomic E-state index is -0.540. The predicted molar refractivity (Wildman–Crippen MR) is 102 cm³/mol. The summed E-state index contributed by atoms with van der Waals surface area (Å²) in [6, 6.07) is 14.5. The molecule has 6 nitrogen and oxygen atoms in total. The van der Waals surface area contributed by atoms with Crippen LogP contribution in [0, 0.1) is 0 Å². The molecule has 0 heterocycles. The fourth-order valence-corrected chi connectivity index (χ4v) is 2.99. The van der Waals surface area contributed by atoms with Crippen LogP contribution in [-0.4, -0.2) is 25.0 Å². The van der Waals surface area contributed by atoms with Crippen molar-refractivity contribution in [2.24, 2.45) is 0 Å². The minimum Gasteiger partial charge on any atom is -0.493 e. The third-order valence-corrected chi connectivity index (χ3v) is 4.59. The molecule has 0 atom stereocenters. The molecule has 1 aliphatic carbocycles. The summed E-state index contributed by atoms with van der Waals surface area (Å²) in [7, 11) is 1.52. The Labute approximate surface area is 158 Å². The maximum absolute atomic E-state index is 12.6. The van der Waals surface area contributed by atoms with E-state index in [1.807, 2.05) is 44.2 Å². The molecule has 1 saturated carbocycles. The first-order chi connectivity index (χ1) is 13.0. The fourth-order valence-electron chi connectivity index (χ4n) is 2.99. The Morgan fingerprint density at radius 1 is 1.00 bits per heavy atom. The van der Waals surface area contributed by atoms with Gasteiger partial charge in [-0.2, -0.15) is 0 Å². The van der Waals surface area contributed by atoms with E-state index >= 15 is 0 Å². The summed E-state index contributed by atoms with van der Waals surface area (Å²) < 4.78 is 10.9. The van der Waals surface area contributed by atoms with E-state index in [0.29, 0.717) is 17.1 Å². The summed E-state index contributed by atoms with van der Waals surface area (Å²) in [5.41, 5.74) is 5.84. The zero-order valence-electron chi connectivity index (χ0n) is 15.7. The Hall–Kier alpha value is -3.02. The normalized spacial score (nSPS) is 14.4. The van der Waals surface area contributed by atoms with Crippen LogP contribution in [0.2, 0.25) is 0 Å². The van der Waals surface area contributed by atoms with E-state index in [2.05, 4.69) is 10.9 Å². The number of amides is 2. The molecule has 2 aromatic rings. The highest BCUT2D eigenvalue weighted by atomic mass is 16.5. The molecular formula is C21H24N2O4. The average Bonchev–Trinajstić information content (AvgIpc) is 3.48. The van der Waals surface area contributed by atoms with Crippen molar-refractivity contribution in [1.29, 1.82) is 0 Å². The molecule has 1 aliphatic rings. The molecule has 2 amide bonds. The molecule has 0 spiro atoms. The summed E-state index contributed by atoms with van der Waals surface area (Å²) in [5.74, 6) is 0.412. The second-order valence-corrected chi connectivity index (χ2v) is 6.89. The number of carbonyl (C=O) groups is 2. The topological polar surface area (TPSA) is 76.7 Å². The lowest BCUT2D eigenvalue weighted by Gasteiger charge is -2.17. The van der Waals surface area contributed by atoms with Gasteiger partial charge in [0.05, 0.1) is 18.6 Å². The summed E-state index contributed by atoms with van der Waals surface area (Å²) >= 11 is 0. The summed E-state index contributed by atoms with van der Waals surface area (Å²) in [6.45, 7) is 3.83. The van der Waals surface area contributed by atoms with Gasteiger partial charge in [0.1, 0.15) is 0 Å². The molecule has 0 aliphatic heterocycles. The molecule has 27 heavy (non-hydrogen) atoms. The van der Waals surface area contributed by atoms with E-state index in [4.69, 9.17) is 9.47 Å². The van der Waals surface area contributed by atoms with Crippen LogP contribution in [0.4, 0.5) is 0 Å². The lowest BCUT2D eigenvalue weighted by atomic mass is 9.95. The highest BCUT2D eigenvalue weighted by Gasteiger charge is 2.51. The van der Waals surface area contributed by atoms with Crippen LogP contribution in [0.25, 0.3) is 0 Å². The maximum Gasteiger partial charge on any atom is 0.269 e. The van der Waals surface area contributed by atoms with E-state index in [1.54, 1.807) is 18.2 Å². The van der Waals surface area contributed by atoms with Crippen molar-refractivity contribution in [3.63, 3.8) is 0 Å². The zero-order valence-corrected chi connectivity index (χ0v) is 15.7. The van der Waals surface area contributed by atoms with E-state index in [1.165, 1.54) is 7.11 Å². The van der Waals surface area contributed by atoms with Gasteiger partial charge in [0.25, 0.3) is 5.91 Å². The van der Waals surface area contributed by atoms with Crippen LogP contribution in [-0.2, 0) is 10.2 Å². The number of hydrazine groups is 1. The highest BCUT2D eigenvalue weighted by Crippen LogP contribution is 2.48. The minimum absolute atomic E-state index is 0.00872. The Morgan fingerprint density at radius 3 is 2.30 bits per heavy atom. The Balaban J connectivity index is 1.65. The molecule has 3 rings (SSSR count). The lowest BCUT2D eigenvalue weighted by Crippen LogP contribution is -2.46. The molecule has 0 aromatic heterocycles. The average molecular weight is 368 g/mol. The van der Waals surface area contributed by atoms with Crippen molar-refractivity contribution >= 4 is 11.8 Å². The molecule has 2 aromatic carbocycles. The maximum atomic E-state index is 12.6. The predicted octanol–water partition coefficient (Wildman–Crippen LogP) is 2.98. The Bertz CT molecular complexity index is 829. The van der Waals surface area contributed by atoms with Gasteiger partial charge in [-0.05, 0) is 50.5 Å². The smallest absolute Gasteiger partial charge is 0.269 e. The number of rotatable bonds is 6. The van der Waals surface area contributed by atoms with Gasteiger partial charge in [0.15, 0.2) is 11.5 Å². The molecule has 1 fully saturated rings. The highest BCUT2D eigenvalue weighted by molar-refractivity contribution is 5.98. The van der Waals surface area contributed by atoms with Crippen LogP contribution < -0.4 is 20.3 Å². The van der Waals surface area contributed by atoms with Gasteiger partial charge in [0.2, 0.25) is 5.91 Å². The molecule has 2 N–H and O–H groups in total. The number of carbonyl (C=O) groups excluding carboxylic acids is 2. The molecule has 0 unspecified atom stereocenters. The SMILES string of the molecule is COc1cc(C(=O)NNC(=O)C2(c3ccccc3)CC2)ccc1OC(C)C. The van der Waals surface area contributed by atoms with Gasteiger partial charge in [-0.3, -0.25) is 20.4 Å². The first kappa shape index (κ1) is 18.8. The second kappa shape index (κ2) is 7.70. The lowest BCUT2D eigenvalue weighted by molar-refractivity contribution is -0.124. The summed E-state index contributed by atoms with van der Waals surface area (Å²) in [4.78, 5) is 25.0. The van der Waals surface area contributed by atoms with Crippen LogP contribution >= 0.6 is 0 Å². The third-order valence-electron chi connectivity index (χ3n) is 4.59. The molecule has 142 valence electrons. The van der Waals surface area contributed by atoms with Crippen molar-refractivity contribution in [2.75, 3.05) is 7.11 Å². The third kappa shape index (κ3) is 4.05. The molecule has 0 bridgehead atoms. The van der Waals surface area contributed by atoms with E-state index in [9.17, 15) is 9.59 Å². The fraction of sp³-hybridized carbons (Fsp3) is 0.333. The van der Waals surface area contributed by atoms with Gasteiger partial charge >= 0.3 is 0 Å². The van der Waals surface area contributed by atoms with Gasteiger partial charge in [-0.25, -0.2) is 0 Å². The molecular weight excluding hydrogens is 344 g/mol. The molecule has 0 radical (unpaired) electrons. The van der Waals surface area contributed by atoms with Crippen LogP contribution in [0.1, 0.15) is 42.6 Å². The number of hydrogen-bond donors (Lipinski definition) is 2. The van der Waals surface area contributed by atoms with Crippen LogP contribution in [0.3, 0.4) is 0 Å². The zero-order chi connectivity index (χ0) is 19.4. The standard InChI is InChI=1S/C21H24N2O4/c1-14(2)27-17-10-9-15(13-18(17)26-3)19(24)22-23-20(25)21(11-12-21)16-7-5-4-6-8-16/h4-10,13-14H,11-12H2,1-3H3,(H,22,24)(H,23,25). The largest absolute Gasteiger partial charge is 0.493 e. The van der Waals surface area contributed by atoms with E-state index in [-0.39, 0.29) is 12.0 Å². The van der Waals surface area contributed by atoms with Crippen molar-refractivity contribution in [1.82, 2.24) is 10.9 Å². The van der Waals surface area contributed by atoms with Crippen molar-refractivity contribution in [3.05, 3.63) is 59.7 Å². The monoisotopic (exact) mass is 368 g/mol. The first-order valence-corrected chi connectivity index (χ1v) is 8.97. The summed E-state index contributed by atoms with van der Waals surface area (Å²) in [6.07, 6.45) is 1.53. The van der Waals surface area contributed by atoms with Gasteiger partial charge < -0.3 is 9.47 Å². The molecule has 0 saturated heterocycles. The van der Waals surface area contributed by atoms with Crippen LogP contribution in [0.5, 0.6) is 11.5 Å².